The number of aromatic amines is 1. The number of hydrogen-bond acceptors (Lipinski definition) is 5. The first-order valence-electron chi connectivity index (χ1n) is 6.12. The van der Waals surface area contributed by atoms with Gasteiger partial charge >= 0.3 is 5.97 Å². The van der Waals surface area contributed by atoms with Gasteiger partial charge in [0.2, 0.25) is 0 Å². The van der Waals surface area contributed by atoms with Gasteiger partial charge < -0.3 is 10.1 Å². The standard InChI is InChI=1S/C12H15N5O3/c1-6-4-10(18)9(5-13-6)11-14-15-16-17(11)8(3)7(2)12(19)20/h4-5,7-8H,1-3H3,(H,13,18)(H,19,20). The number of pyridine rings is 1. The van der Waals surface area contributed by atoms with Crippen molar-refractivity contribution >= 4 is 5.97 Å². The molecule has 8 heteroatoms. The van der Waals surface area contributed by atoms with E-state index in [1.54, 1.807) is 20.8 Å². The van der Waals surface area contributed by atoms with Crippen molar-refractivity contribution in [2.24, 2.45) is 5.92 Å². The third kappa shape index (κ3) is 2.44. The lowest BCUT2D eigenvalue weighted by atomic mass is 10.0. The number of nitrogens with zero attached hydrogens (tertiary/aromatic N) is 4. The van der Waals surface area contributed by atoms with Crippen LogP contribution in [0.2, 0.25) is 0 Å². The molecule has 0 saturated heterocycles. The SMILES string of the molecule is Cc1cc(=O)c(-c2nnnn2C(C)C(C)C(=O)O)c[nH]1. The van der Waals surface area contributed by atoms with Gasteiger partial charge in [-0.1, -0.05) is 0 Å². The zero-order valence-corrected chi connectivity index (χ0v) is 11.4. The molecule has 0 aromatic carbocycles. The maximum absolute atomic E-state index is 12.0. The van der Waals surface area contributed by atoms with E-state index < -0.39 is 17.9 Å². The fourth-order valence-electron chi connectivity index (χ4n) is 1.81. The summed E-state index contributed by atoms with van der Waals surface area (Å²) in [4.78, 5) is 25.9. The summed E-state index contributed by atoms with van der Waals surface area (Å²) < 4.78 is 1.36. The van der Waals surface area contributed by atoms with Gasteiger partial charge in [-0.15, -0.1) is 5.10 Å². The minimum absolute atomic E-state index is 0.215. The molecule has 0 bridgehead atoms. The summed E-state index contributed by atoms with van der Waals surface area (Å²) >= 11 is 0. The van der Waals surface area contributed by atoms with Crippen molar-refractivity contribution in [3.05, 3.63) is 28.2 Å². The van der Waals surface area contributed by atoms with Crippen LogP contribution in [-0.4, -0.2) is 36.3 Å². The summed E-state index contributed by atoms with van der Waals surface area (Å²) in [6, 6.07) is 0.970. The second kappa shape index (κ2) is 5.24. The molecule has 2 heterocycles. The molecule has 2 unspecified atom stereocenters. The van der Waals surface area contributed by atoms with Crippen LogP contribution in [0.5, 0.6) is 0 Å². The van der Waals surface area contributed by atoms with Crippen LogP contribution in [0.3, 0.4) is 0 Å². The summed E-state index contributed by atoms with van der Waals surface area (Å²) in [6.07, 6.45) is 1.53. The van der Waals surface area contributed by atoms with Crippen LogP contribution in [0.25, 0.3) is 11.4 Å². The summed E-state index contributed by atoms with van der Waals surface area (Å²) in [5, 5.41) is 20.2. The van der Waals surface area contributed by atoms with Gasteiger partial charge in [0.15, 0.2) is 11.3 Å². The monoisotopic (exact) mass is 277 g/mol. The van der Waals surface area contributed by atoms with Crippen LogP contribution in [0, 0.1) is 12.8 Å². The van der Waals surface area contributed by atoms with E-state index in [-0.39, 0.29) is 11.3 Å². The second-order valence-corrected chi connectivity index (χ2v) is 4.71. The van der Waals surface area contributed by atoms with Crippen molar-refractivity contribution in [1.29, 1.82) is 0 Å². The Hall–Kier alpha value is -2.51. The number of carboxylic acids is 1. The van der Waals surface area contributed by atoms with Gasteiger partial charge in [0.1, 0.15) is 0 Å². The lowest BCUT2D eigenvalue weighted by Gasteiger charge is -2.17. The second-order valence-electron chi connectivity index (χ2n) is 4.71. The van der Waals surface area contributed by atoms with Crippen LogP contribution in [-0.2, 0) is 4.79 Å². The van der Waals surface area contributed by atoms with Gasteiger partial charge in [-0.05, 0) is 31.2 Å². The minimum Gasteiger partial charge on any atom is -0.481 e. The van der Waals surface area contributed by atoms with Crippen molar-refractivity contribution in [2.75, 3.05) is 0 Å². The summed E-state index contributed by atoms with van der Waals surface area (Å²) in [7, 11) is 0. The van der Waals surface area contributed by atoms with E-state index in [4.69, 9.17) is 5.11 Å². The topological polar surface area (TPSA) is 114 Å². The number of carboxylic acid groups (broad SMARTS) is 1. The Morgan fingerprint density at radius 3 is 2.75 bits per heavy atom. The number of H-pyrrole nitrogens is 1. The van der Waals surface area contributed by atoms with Crippen molar-refractivity contribution < 1.29 is 9.90 Å². The van der Waals surface area contributed by atoms with E-state index in [1.165, 1.54) is 16.9 Å². The highest BCUT2D eigenvalue weighted by Crippen LogP contribution is 2.21. The maximum Gasteiger partial charge on any atom is 0.308 e. The fourth-order valence-corrected chi connectivity index (χ4v) is 1.81. The Morgan fingerprint density at radius 2 is 2.15 bits per heavy atom. The van der Waals surface area contributed by atoms with Gasteiger partial charge in [0.05, 0.1) is 17.5 Å². The molecule has 0 aliphatic rings. The lowest BCUT2D eigenvalue weighted by molar-refractivity contribution is -0.142. The van der Waals surface area contributed by atoms with Gasteiger partial charge in [0.25, 0.3) is 0 Å². The molecule has 2 rings (SSSR count). The first-order valence-corrected chi connectivity index (χ1v) is 6.12. The van der Waals surface area contributed by atoms with E-state index in [9.17, 15) is 9.59 Å². The number of carbonyl (C=O) groups is 1. The van der Waals surface area contributed by atoms with E-state index in [2.05, 4.69) is 20.5 Å². The highest BCUT2D eigenvalue weighted by Gasteiger charge is 2.25. The average Bonchev–Trinajstić information content (AvgIpc) is 2.85. The molecule has 8 nitrogen and oxygen atoms in total. The summed E-state index contributed by atoms with van der Waals surface area (Å²) in [5.41, 5.74) is 0.822. The predicted molar refractivity (Wildman–Crippen MR) is 70.1 cm³/mol. The third-order valence-electron chi connectivity index (χ3n) is 3.29. The average molecular weight is 277 g/mol. The Balaban J connectivity index is 2.48. The molecule has 2 N–H and O–H groups in total. The van der Waals surface area contributed by atoms with Crippen molar-refractivity contribution in [3.8, 4) is 11.4 Å². The molecule has 0 aliphatic carbocycles. The van der Waals surface area contributed by atoms with E-state index in [0.29, 0.717) is 5.56 Å². The largest absolute Gasteiger partial charge is 0.481 e. The van der Waals surface area contributed by atoms with Gasteiger partial charge in [-0.2, -0.15) is 0 Å². The summed E-state index contributed by atoms with van der Waals surface area (Å²) in [5.74, 6) is -1.37. The van der Waals surface area contributed by atoms with Crippen LogP contribution >= 0.6 is 0 Å². The van der Waals surface area contributed by atoms with E-state index >= 15 is 0 Å². The van der Waals surface area contributed by atoms with E-state index in [0.717, 1.165) is 5.69 Å². The van der Waals surface area contributed by atoms with Crippen molar-refractivity contribution in [1.82, 2.24) is 25.2 Å². The predicted octanol–water partition coefficient (Wildman–Crippen LogP) is 0.619. The Bertz CT molecular complexity index is 690. The Morgan fingerprint density at radius 1 is 1.45 bits per heavy atom. The number of aryl methyl sites for hydroxylation is 1. The fraction of sp³-hybridized carbons (Fsp3) is 0.417. The van der Waals surface area contributed by atoms with Crippen molar-refractivity contribution in [3.63, 3.8) is 0 Å². The van der Waals surface area contributed by atoms with Gasteiger partial charge in [-0.3, -0.25) is 9.59 Å². The first-order chi connectivity index (χ1) is 9.41. The molecule has 0 saturated carbocycles. The molecule has 2 atom stereocenters. The molecule has 0 radical (unpaired) electrons. The number of aromatic nitrogens is 5. The Labute approximate surface area is 114 Å². The quantitative estimate of drug-likeness (QED) is 0.846. The normalized spacial score (nSPS) is 13.9. The lowest BCUT2D eigenvalue weighted by Crippen LogP contribution is -2.24. The summed E-state index contributed by atoms with van der Waals surface area (Å²) in [6.45, 7) is 5.03. The minimum atomic E-state index is -0.947. The van der Waals surface area contributed by atoms with Crippen LogP contribution in [0.1, 0.15) is 25.6 Å². The number of tetrazole rings is 1. The molecule has 0 amide bonds. The molecular formula is C12H15N5O3. The molecular weight excluding hydrogens is 262 g/mol. The number of hydrogen-bond donors (Lipinski definition) is 2. The Kier molecular flexibility index (Phi) is 3.64. The first kappa shape index (κ1) is 13.9. The van der Waals surface area contributed by atoms with Crippen LogP contribution < -0.4 is 5.43 Å². The number of aliphatic carboxylic acids is 1. The number of nitrogens with one attached hydrogen (secondary N) is 1. The molecule has 106 valence electrons. The highest BCUT2D eigenvalue weighted by atomic mass is 16.4. The molecule has 0 aliphatic heterocycles. The van der Waals surface area contributed by atoms with Crippen LogP contribution in [0.4, 0.5) is 0 Å². The molecule has 20 heavy (non-hydrogen) atoms. The third-order valence-corrected chi connectivity index (χ3v) is 3.29. The zero-order valence-electron chi connectivity index (χ0n) is 11.4. The number of rotatable bonds is 4. The molecule has 2 aromatic rings. The smallest absolute Gasteiger partial charge is 0.308 e. The van der Waals surface area contributed by atoms with Crippen LogP contribution in [0.15, 0.2) is 17.1 Å². The van der Waals surface area contributed by atoms with Crippen molar-refractivity contribution in [2.45, 2.75) is 26.8 Å². The highest BCUT2D eigenvalue weighted by molar-refractivity contribution is 5.70. The molecule has 2 aromatic heterocycles. The molecule has 0 fully saturated rings. The van der Waals surface area contributed by atoms with Gasteiger partial charge in [0, 0.05) is 18.0 Å². The molecule has 0 spiro atoms. The zero-order chi connectivity index (χ0) is 14.9. The maximum atomic E-state index is 12.0. The van der Waals surface area contributed by atoms with Gasteiger partial charge in [-0.25, -0.2) is 4.68 Å². The van der Waals surface area contributed by atoms with E-state index in [1.807, 2.05) is 0 Å².